The second kappa shape index (κ2) is 7.25. The monoisotopic (exact) mass is 271 g/mol. The van der Waals surface area contributed by atoms with Crippen molar-refractivity contribution in [3.8, 4) is 0 Å². The van der Waals surface area contributed by atoms with E-state index in [2.05, 4.69) is 73.8 Å². The molecule has 19 heavy (non-hydrogen) atoms. The standard InChI is InChI=1S/C17H21NS/c1-14(18-17-11-7-4-8-12-17)15(2)19-13-16-9-5-3-6-10-16/h3-12,14-15,18H,13H2,1-2H3/t14-,15-/m1/s1. The van der Waals surface area contributed by atoms with Gasteiger partial charge in [0.2, 0.25) is 0 Å². The Balaban J connectivity index is 1.81. The van der Waals surface area contributed by atoms with E-state index in [1.165, 1.54) is 11.3 Å². The fourth-order valence-corrected chi connectivity index (χ4v) is 2.87. The van der Waals surface area contributed by atoms with E-state index in [0.29, 0.717) is 11.3 Å². The molecule has 0 radical (unpaired) electrons. The first-order valence-corrected chi connectivity index (χ1v) is 7.77. The number of para-hydroxylation sites is 1. The first-order chi connectivity index (χ1) is 9.25. The predicted molar refractivity (Wildman–Crippen MR) is 86.7 cm³/mol. The minimum absolute atomic E-state index is 0.455. The molecule has 0 heterocycles. The summed E-state index contributed by atoms with van der Waals surface area (Å²) in [6.07, 6.45) is 0. The summed E-state index contributed by atoms with van der Waals surface area (Å²) in [5, 5.41) is 4.13. The average Bonchev–Trinajstić information content (AvgIpc) is 2.47. The largest absolute Gasteiger partial charge is 0.381 e. The highest BCUT2D eigenvalue weighted by Gasteiger charge is 2.12. The lowest BCUT2D eigenvalue weighted by Gasteiger charge is -2.22. The Morgan fingerprint density at radius 1 is 0.895 bits per heavy atom. The normalized spacial score (nSPS) is 13.8. The molecule has 0 saturated heterocycles. The highest BCUT2D eigenvalue weighted by atomic mass is 32.2. The van der Waals surface area contributed by atoms with Gasteiger partial charge in [0, 0.05) is 22.7 Å². The van der Waals surface area contributed by atoms with Crippen molar-refractivity contribution in [3.05, 3.63) is 66.2 Å². The molecular weight excluding hydrogens is 250 g/mol. The van der Waals surface area contributed by atoms with Crippen molar-refractivity contribution < 1.29 is 0 Å². The lowest BCUT2D eigenvalue weighted by Crippen LogP contribution is -2.25. The fourth-order valence-electron chi connectivity index (χ4n) is 1.86. The van der Waals surface area contributed by atoms with Gasteiger partial charge in [-0.15, -0.1) is 0 Å². The van der Waals surface area contributed by atoms with Crippen LogP contribution in [0.3, 0.4) is 0 Å². The minimum atomic E-state index is 0.455. The zero-order valence-electron chi connectivity index (χ0n) is 11.5. The van der Waals surface area contributed by atoms with E-state index in [4.69, 9.17) is 0 Å². The maximum absolute atomic E-state index is 3.56. The van der Waals surface area contributed by atoms with E-state index in [0.717, 1.165) is 5.75 Å². The maximum atomic E-state index is 3.56. The van der Waals surface area contributed by atoms with E-state index < -0.39 is 0 Å². The quantitative estimate of drug-likeness (QED) is 0.809. The highest BCUT2D eigenvalue weighted by Crippen LogP contribution is 2.22. The molecule has 0 aromatic heterocycles. The van der Waals surface area contributed by atoms with Gasteiger partial charge in [-0.25, -0.2) is 0 Å². The summed E-state index contributed by atoms with van der Waals surface area (Å²) < 4.78 is 0. The zero-order valence-corrected chi connectivity index (χ0v) is 12.4. The molecule has 0 bridgehead atoms. The molecule has 0 saturated carbocycles. The molecule has 2 aromatic rings. The summed E-state index contributed by atoms with van der Waals surface area (Å²) in [5.74, 6) is 1.07. The van der Waals surface area contributed by atoms with Crippen molar-refractivity contribution in [2.24, 2.45) is 0 Å². The van der Waals surface area contributed by atoms with E-state index in [1.54, 1.807) is 0 Å². The molecular formula is C17H21NS. The second-order valence-corrected chi connectivity index (χ2v) is 6.17. The topological polar surface area (TPSA) is 12.0 Å². The van der Waals surface area contributed by atoms with E-state index in [1.807, 2.05) is 17.8 Å². The summed E-state index contributed by atoms with van der Waals surface area (Å²) >= 11 is 1.99. The number of nitrogens with one attached hydrogen (secondary N) is 1. The molecule has 1 N–H and O–H groups in total. The van der Waals surface area contributed by atoms with Crippen molar-refractivity contribution in [2.75, 3.05) is 5.32 Å². The van der Waals surface area contributed by atoms with Gasteiger partial charge in [0.25, 0.3) is 0 Å². The van der Waals surface area contributed by atoms with Crippen molar-refractivity contribution in [1.29, 1.82) is 0 Å². The summed E-state index contributed by atoms with van der Waals surface area (Å²) in [6.45, 7) is 4.53. The van der Waals surface area contributed by atoms with Crippen LogP contribution in [0.15, 0.2) is 60.7 Å². The zero-order chi connectivity index (χ0) is 13.5. The fraction of sp³-hybridized carbons (Fsp3) is 0.294. The van der Waals surface area contributed by atoms with Gasteiger partial charge >= 0.3 is 0 Å². The molecule has 0 unspecified atom stereocenters. The number of hydrogen-bond donors (Lipinski definition) is 1. The number of benzene rings is 2. The summed E-state index contributed by atoms with van der Waals surface area (Å²) in [5.41, 5.74) is 2.59. The van der Waals surface area contributed by atoms with Crippen LogP contribution < -0.4 is 5.32 Å². The van der Waals surface area contributed by atoms with Crippen LogP contribution in [0.1, 0.15) is 19.4 Å². The molecule has 0 aliphatic carbocycles. The van der Waals surface area contributed by atoms with Crippen LogP contribution in [0.5, 0.6) is 0 Å². The molecule has 2 heteroatoms. The molecule has 2 rings (SSSR count). The molecule has 1 nitrogen and oxygen atoms in total. The predicted octanol–water partition coefficient (Wildman–Crippen LogP) is 4.81. The van der Waals surface area contributed by atoms with Crippen LogP contribution in [0.4, 0.5) is 5.69 Å². The molecule has 100 valence electrons. The van der Waals surface area contributed by atoms with Crippen LogP contribution in [0.25, 0.3) is 0 Å². The van der Waals surface area contributed by atoms with Gasteiger partial charge in [0.15, 0.2) is 0 Å². The van der Waals surface area contributed by atoms with Crippen LogP contribution in [-0.4, -0.2) is 11.3 Å². The third-order valence-electron chi connectivity index (χ3n) is 3.23. The number of rotatable bonds is 6. The van der Waals surface area contributed by atoms with Gasteiger partial charge in [0.05, 0.1) is 0 Å². The first-order valence-electron chi connectivity index (χ1n) is 6.73. The first kappa shape index (κ1) is 14.0. The molecule has 0 aliphatic heterocycles. The summed E-state index contributed by atoms with van der Waals surface area (Å²) in [4.78, 5) is 0. The van der Waals surface area contributed by atoms with Gasteiger partial charge in [-0.05, 0) is 24.6 Å². The third kappa shape index (κ3) is 4.64. The van der Waals surface area contributed by atoms with Crippen LogP contribution >= 0.6 is 11.8 Å². The minimum Gasteiger partial charge on any atom is -0.381 e. The molecule has 2 aromatic carbocycles. The second-order valence-electron chi connectivity index (χ2n) is 4.80. The van der Waals surface area contributed by atoms with Gasteiger partial charge < -0.3 is 5.32 Å². The van der Waals surface area contributed by atoms with Gasteiger partial charge in [0.1, 0.15) is 0 Å². The average molecular weight is 271 g/mol. The van der Waals surface area contributed by atoms with Crippen LogP contribution in [0, 0.1) is 0 Å². The lowest BCUT2D eigenvalue weighted by atomic mass is 10.2. The van der Waals surface area contributed by atoms with Gasteiger partial charge in [-0.3, -0.25) is 0 Å². The Bertz CT molecular complexity index is 469. The number of thioether (sulfide) groups is 1. The van der Waals surface area contributed by atoms with Crippen LogP contribution in [-0.2, 0) is 5.75 Å². The molecule has 0 fully saturated rings. The molecule has 0 spiro atoms. The van der Waals surface area contributed by atoms with Crippen LogP contribution in [0.2, 0.25) is 0 Å². The highest BCUT2D eigenvalue weighted by molar-refractivity contribution is 7.99. The van der Waals surface area contributed by atoms with E-state index in [9.17, 15) is 0 Å². The van der Waals surface area contributed by atoms with E-state index in [-0.39, 0.29) is 0 Å². The number of anilines is 1. The van der Waals surface area contributed by atoms with Crippen molar-refractivity contribution in [2.45, 2.75) is 30.9 Å². The smallest absolute Gasteiger partial charge is 0.0349 e. The summed E-state index contributed by atoms with van der Waals surface area (Å²) in [7, 11) is 0. The Kier molecular flexibility index (Phi) is 5.34. The van der Waals surface area contributed by atoms with Gasteiger partial charge in [-0.1, -0.05) is 55.5 Å². The number of hydrogen-bond acceptors (Lipinski definition) is 2. The van der Waals surface area contributed by atoms with E-state index >= 15 is 0 Å². The van der Waals surface area contributed by atoms with Gasteiger partial charge in [-0.2, -0.15) is 11.8 Å². The van der Waals surface area contributed by atoms with Crippen molar-refractivity contribution in [1.82, 2.24) is 0 Å². The lowest BCUT2D eigenvalue weighted by molar-refractivity contribution is 0.781. The summed E-state index contributed by atoms with van der Waals surface area (Å²) in [6, 6.07) is 21.5. The maximum Gasteiger partial charge on any atom is 0.0349 e. The Labute approximate surface area is 120 Å². The Hall–Kier alpha value is -1.41. The Morgan fingerprint density at radius 3 is 2.11 bits per heavy atom. The third-order valence-corrected chi connectivity index (χ3v) is 4.66. The SMILES string of the molecule is C[C@@H](Nc1ccccc1)[C@@H](C)SCc1ccccc1. The molecule has 0 amide bonds. The molecule has 0 aliphatic rings. The molecule has 2 atom stereocenters. The Morgan fingerprint density at radius 2 is 1.47 bits per heavy atom. The van der Waals surface area contributed by atoms with Crippen molar-refractivity contribution >= 4 is 17.4 Å². The van der Waals surface area contributed by atoms with Crippen molar-refractivity contribution in [3.63, 3.8) is 0 Å².